The fourth-order valence-electron chi connectivity index (χ4n) is 1.81. The lowest BCUT2D eigenvalue weighted by Crippen LogP contribution is -2.06. The number of hydrogen-bond acceptors (Lipinski definition) is 2. The Balaban J connectivity index is 2.34. The smallest absolute Gasteiger partial charge is 0.309 e. The first kappa shape index (κ1) is 9.56. The predicted octanol–water partition coefficient (Wildman–Crippen LogP) is 2.52. The molecule has 2 nitrogen and oxygen atoms in total. The summed E-state index contributed by atoms with van der Waals surface area (Å²) in [6.45, 7) is 4.24. The number of rotatable bonds is 4. The molecule has 2 heteroatoms. The maximum atomic E-state index is 11.2. The molecule has 0 aromatic carbocycles. The number of hydrogen-bond donors (Lipinski definition) is 0. The average molecular weight is 170 g/mol. The lowest BCUT2D eigenvalue weighted by molar-refractivity contribution is -0.144. The van der Waals surface area contributed by atoms with Crippen LogP contribution in [0.2, 0.25) is 0 Å². The summed E-state index contributed by atoms with van der Waals surface area (Å²) in [4.78, 5) is 11.2. The molecule has 1 fully saturated rings. The molecular formula is C10H18O2. The molecule has 0 saturated carbocycles. The van der Waals surface area contributed by atoms with Gasteiger partial charge in [0.05, 0.1) is 5.92 Å². The van der Waals surface area contributed by atoms with Crippen LogP contribution in [0.4, 0.5) is 0 Å². The van der Waals surface area contributed by atoms with E-state index >= 15 is 0 Å². The Morgan fingerprint density at radius 2 is 2.00 bits per heavy atom. The molecule has 0 amide bonds. The lowest BCUT2D eigenvalue weighted by atomic mass is 9.98. The minimum atomic E-state index is 0.0373. The first-order chi connectivity index (χ1) is 5.77. The van der Waals surface area contributed by atoms with Gasteiger partial charge in [0, 0.05) is 0 Å². The number of ether oxygens (including phenoxy) is 1. The van der Waals surface area contributed by atoms with Crippen LogP contribution in [0.1, 0.15) is 46.0 Å². The van der Waals surface area contributed by atoms with Gasteiger partial charge in [0.15, 0.2) is 0 Å². The summed E-state index contributed by atoms with van der Waals surface area (Å²) in [5.74, 6) is 0.238. The van der Waals surface area contributed by atoms with E-state index in [0.717, 1.165) is 32.1 Å². The largest absolute Gasteiger partial charge is 0.462 e. The quantitative estimate of drug-likeness (QED) is 0.606. The van der Waals surface area contributed by atoms with Crippen LogP contribution in [0.25, 0.3) is 0 Å². The van der Waals surface area contributed by atoms with Gasteiger partial charge in [-0.05, 0) is 19.3 Å². The summed E-state index contributed by atoms with van der Waals surface area (Å²) < 4.78 is 5.23. The van der Waals surface area contributed by atoms with Gasteiger partial charge in [0.2, 0.25) is 0 Å². The van der Waals surface area contributed by atoms with E-state index in [1.54, 1.807) is 0 Å². The summed E-state index contributed by atoms with van der Waals surface area (Å²) in [7, 11) is 0. The Morgan fingerprint density at radius 1 is 1.33 bits per heavy atom. The molecule has 0 aliphatic carbocycles. The van der Waals surface area contributed by atoms with Gasteiger partial charge in [0.1, 0.15) is 6.10 Å². The highest BCUT2D eigenvalue weighted by Gasteiger charge is 2.32. The van der Waals surface area contributed by atoms with Gasteiger partial charge in [-0.2, -0.15) is 0 Å². The highest BCUT2D eigenvalue weighted by atomic mass is 16.5. The third kappa shape index (κ3) is 2.23. The van der Waals surface area contributed by atoms with Crippen LogP contribution in [-0.4, -0.2) is 12.1 Å². The molecule has 1 saturated heterocycles. The molecule has 0 aromatic heterocycles. The van der Waals surface area contributed by atoms with Gasteiger partial charge in [-0.25, -0.2) is 0 Å². The Kier molecular flexibility index (Phi) is 3.57. The Labute approximate surface area is 74.3 Å². The Morgan fingerprint density at radius 3 is 2.58 bits per heavy atom. The second-order valence-corrected chi connectivity index (χ2v) is 3.57. The number of carbonyl (C=O) groups excluding carboxylic acids is 1. The summed E-state index contributed by atoms with van der Waals surface area (Å²) in [6, 6.07) is 0. The molecule has 1 aliphatic heterocycles. The van der Waals surface area contributed by atoms with E-state index in [0.29, 0.717) is 0 Å². The van der Waals surface area contributed by atoms with Crippen LogP contribution in [-0.2, 0) is 9.53 Å². The molecule has 1 aliphatic rings. The molecule has 0 bridgehead atoms. The van der Waals surface area contributed by atoms with E-state index < -0.39 is 0 Å². The van der Waals surface area contributed by atoms with Crippen molar-refractivity contribution in [1.29, 1.82) is 0 Å². The third-order valence-electron chi connectivity index (χ3n) is 2.41. The monoisotopic (exact) mass is 170 g/mol. The number of esters is 1. The van der Waals surface area contributed by atoms with Crippen molar-refractivity contribution in [2.45, 2.75) is 52.1 Å². The molecule has 0 aromatic rings. The van der Waals surface area contributed by atoms with Gasteiger partial charge in [-0.15, -0.1) is 0 Å². The van der Waals surface area contributed by atoms with Crippen molar-refractivity contribution in [2.75, 3.05) is 0 Å². The zero-order chi connectivity index (χ0) is 8.97. The van der Waals surface area contributed by atoms with Gasteiger partial charge in [0.25, 0.3) is 0 Å². The van der Waals surface area contributed by atoms with Crippen molar-refractivity contribution in [2.24, 2.45) is 5.92 Å². The molecule has 2 unspecified atom stereocenters. The minimum absolute atomic E-state index is 0.0373. The standard InChI is InChI=1S/C10H18O2/c1-3-5-8-7-9(6-4-2)12-10(8)11/h8-9H,3-7H2,1-2H3. The van der Waals surface area contributed by atoms with Crippen molar-refractivity contribution in [3.8, 4) is 0 Å². The van der Waals surface area contributed by atoms with E-state index in [9.17, 15) is 4.79 Å². The van der Waals surface area contributed by atoms with Crippen molar-refractivity contribution in [1.82, 2.24) is 0 Å². The maximum Gasteiger partial charge on any atom is 0.309 e. The molecule has 2 atom stereocenters. The second kappa shape index (κ2) is 4.48. The van der Waals surface area contributed by atoms with E-state index in [-0.39, 0.29) is 18.0 Å². The summed E-state index contributed by atoms with van der Waals surface area (Å²) >= 11 is 0. The molecule has 1 heterocycles. The van der Waals surface area contributed by atoms with Crippen molar-refractivity contribution in [3.05, 3.63) is 0 Å². The highest BCUT2D eigenvalue weighted by Crippen LogP contribution is 2.27. The highest BCUT2D eigenvalue weighted by molar-refractivity contribution is 5.74. The van der Waals surface area contributed by atoms with Crippen LogP contribution < -0.4 is 0 Å². The first-order valence-electron chi connectivity index (χ1n) is 4.98. The fourth-order valence-corrected chi connectivity index (χ4v) is 1.81. The van der Waals surface area contributed by atoms with Crippen molar-refractivity contribution in [3.63, 3.8) is 0 Å². The van der Waals surface area contributed by atoms with Crippen LogP contribution in [0.5, 0.6) is 0 Å². The second-order valence-electron chi connectivity index (χ2n) is 3.57. The predicted molar refractivity (Wildman–Crippen MR) is 47.8 cm³/mol. The molecule has 1 rings (SSSR count). The molecular weight excluding hydrogens is 152 g/mol. The maximum absolute atomic E-state index is 11.2. The SMILES string of the molecule is CCCC1CC(CCC)C(=O)O1. The van der Waals surface area contributed by atoms with Crippen molar-refractivity contribution >= 4 is 5.97 Å². The van der Waals surface area contributed by atoms with Gasteiger partial charge in [-0.1, -0.05) is 26.7 Å². The molecule has 70 valence electrons. The van der Waals surface area contributed by atoms with Gasteiger partial charge >= 0.3 is 5.97 Å². The third-order valence-corrected chi connectivity index (χ3v) is 2.41. The molecule has 12 heavy (non-hydrogen) atoms. The number of carbonyl (C=O) groups is 1. The van der Waals surface area contributed by atoms with E-state index in [1.165, 1.54) is 0 Å². The zero-order valence-electron chi connectivity index (χ0n) is 8.01. The summed E-state index contributed by atoms with van der Waals surface area (Å²) in [5, 5.41) is 0. The molecule has 0 radical (unpaired) electrons. The Hall–Kier alpha value is -0.530. The van der Waals surface area contributed by atoms with E-state index in [2.05, 4.69) is 13.8 Å². The Bertz CT molecular complexity index is 154. The minimum Gasteiger partial charge on any atom is -0.462 e. The van der Waals surface area contributed by atoms with Crippen molar-refractivity contribution < 1.29 is 9.53 Å². The molecule has 0 N–H and O–H groups in total. The van der Waals surface area contributed by atoms with Gasteiger partial charge < -0.3 is 4.74 Å². The van der Waals surface area contributed by atoms with E-state index in [1.807, 2.05) is 0 Å². The van der Waals surface area contributed by atoms with E-state index in [4.69, 9.17) is 4.74 Å². The average Bonchev–Trinajstić information content (AvgIpc) is 2.34. The normalized spacial score (nSPS) is 29.0. The van der Waals surface area contributed by atoms with Crippen LogP contribution in [0, 0.1) is 5.92 Å². The fraction of sp³-hybridized carbons (Fsp3) is 0.900. The zero-order valence-corrected chi connectivity index (χ0v) is 8.01. The molecule has 0 spiro atoms. The topological polar surface area (TPSA) is 26.3 Å². The lowest BCUT2D eigenvalue weighted by Gasteiger charge is -2.04. The van der Waals surface area contributed by atoms with Crippen LogP contribution >= 0.6 is 0 Å². The van der Waals surface area contributed by atoms with Crippen LogP contribution in [0.3, 0.4) is 0 Å². The van der Waals surface area contributed by atoms with Gasteiger partial charge in [-0.3, -0.25) is 4.79 Å². The summed E-state index contributed by atoms with van der Waals surface area (Å²) in [6.07, 6.45) is 5.40. The number of cyclic esters (lactones) is 1. The first-order valence-corrected chi connectivity index (χ1v) is 4.98. The summed E-state index contributed by atoms with van der Waals surface area (Å²) in [5.41, 5.74) is 0. The van der Waals surface area contributed by atoms with Crippen LogP contribution in [0.15, 0.2) is 0 Å².